The number of ether oxygens (including phenoxy) is 1. The number of aryl methyl sites for hydroxylation is 1. The molecule has 6 rings (SSSR count). The van der Waals surface area contributed by atoms with Crippen LogP contribution >= 0.6 is 0 Å². The predicted octanol–water partition coefficient (Wildman–Crippen LogP) is 5.42. The van der Waals surface area contributed by atoms with Crippen LogP contribution < -0.4 is 15.8 Å². The van der Waals surface area contributed by atoms with Gasteiger partial charge in [0.05, 0.1) is 11.0 Å². The Labute approximate surface area is 212 Å². The summed E-state index contributed by atoms with van der Waals surface area (Å²) in [5.41, 5.74) is 6.07. The predicted molar refractivity (Wildman–Crippen MR) is 144 cm³/mol. The van der Waals surface area contributed by atoms with Crippen LogP contribution in [0.4, 0.5) is 5.82 Å². The number of hydrogen-bond acceptors (Lipinski definition) is 7. The van der Waals surface area contributed by atoms with Gasteiger partial charge in [-0.05, 0) is 65.2 Å². The van der Waals surface area contributed by atoms with Gasteiger partial charge in [-0.25, -0.2) is 14.8 Å². The molecule has 8 nitrogen and oxygen atoms in total. The molecule has 6 aromatic rings. The van der Waals surface area contributed by atoms with Crippen molar-refractivity contribution in [3.63, 3.8) is 0 Å². The normalized spacial score (nSPS) is 11.2. The van der Waals surface area contributed by atoms with Gasteiger partial charge in [-0.3, -0.25) is 9.55 Å². The first-order valence-corrected chi connectivity index (χ1v) is 11.8. The first kappa shape index (κ1) is 22.5. The Hall–Kier alpha value is -4.98. The fraction of sp³-hybridized carbons (Fsp3) is 0.103. The van der Waals surface area contributed by atoms with Crippen molar-refractivity contribution in [3.05, 3.63) is 101 Å². The molecular formula is C29H23N5O3. The minimum atomic E-state index is -0.375. The topological polar surface area (TPSA) is 95.1 Å². The summed E-state index contributed by atoms with van der Waals surface area (Å²) >= 11 is 0. The second-order valence-electron chi connectivity index (χ2n) is 8.66. The summed E-state index contributed by atoms with van der Waals surface area (Å²) in [6.45, 7) is 0.367. The van der Waals surface area contributed by atoms with Crippen molar-refractivity contribution in [1.29, 1.82) is 0 Å². The number of anilines is 1. The molecular weight excluding hydrogens is 466 g/mol. The molecule has 1 N–H and O–H groups in total. The van der Waals surface area contributed by atoms with E-state index in [9.17, 15) is 4.79 Å². The fourth-order valence-corrected chi connectivity index (χ4v) is 4.30. The zero-order chi connectivity index (χ0) is 25.4. The van der Waals surface area contributed by atoms with Gasteiger partial charge in [0, 0.05) is 37.4 Å². The van der Waals surface area contributed by atoms with Gasteiger partial charge in [-0.15, -0.1) is 0 Å². The van der Waals surface area contributed by atoms with Crippen molar-refractivity contribution in [3.8, 4) is 28.3 Å². The van der Waals surface area contributed by atoms with Crippen LogP contribution in [-0.4, -0.2) is 26.6 Å². The third-order valence-corrected chi connectivity index (χ3v) is 6.30. The summed E-state index contributed by atoms with van der Waals surface area (Å²) in [4.78, 5) is 25.3. The highest BCUT2D eigenvalue weighted by atomic mass is 16.5. The molecule has 0 aliphatic rings. The van der Waals surface area contributed by atoms with Crippen molar-refractivity contribution in [2.45, 2.75) is 6.61 Å². The minimum Gasteiger partial charge on any atom is -0.489 e. The highest BCUT2D eigenvalue weighted by Crippen LogP contribution is 2.30. The Morgan fingerprint density at radius 2 is 1.78 bits per heavy atom. The number of nitrogens with zero attached hydrogens (tertiary/aromatic N) is 4. The standard InChI is InChI=1S/C29H23N5O3/c1-30-28-23-15-20(8-11-24(23)32-27(33-28)21-4-3-13-31-16-21)19-6-9-22(10-7-19)36-17-18-5-12-25-26(14-18)37-29(35)34(25)2/h3-16H,17H2,1-2H3,(H,30,32,33). The molecule has 0 aliphatic heterocycles. The van der Waals surface area contributed by atoms with Crippen molar-refractivity contribution >= 4 is 27.8 Å². The lowest BCUT2D eigenvalue weighted by molar-refractivity contribution is 0.306. The van der Waals surface area contributed by atoms with Gasteiger partial charge in [0.25, 0.3) is 0 Å². The number of hydrogen-bond donors (Lipinski definition) is 1. The Bertz CT molecular complexity index is 1790. The molecule has 0 bridgehead atoms. The summed E-state index contributed by atoms with van der Waals surface area (Å²) < 4.78 is 12.7. The largest absolute Gasteiger partial charge is 0.489 e. The van der Waals surface area contributed by atoms with Crippen molar-refractivity contribution < 1.29 is 9.15 Å². The van der Waals surface area contributed by atoms with E-state index in [4.69, 9.17) is 19.1 Å². The third-order valence-electron chi connectivity index (χ3n) is 6.30. The summed E-state index contributed by atoms with van der Waals surface area (Å²) in [6, 6.07) is 23.6. The van der Waals surface area contributed by atoms with Crippen LogP contribution in [0.1, 0.15) is 5.56 Å². The maximum absolute atomic E-state index is 11.7. The van der Waals surface area contributed by atoms with Crippen molar-refractivity contribution in [1.82, 2.24) is 19.5 Å². The van der Waals surface area contributed by atoms with E-state index in [1.165, 1.54) is 4.57 Å². The molecule has 182 valence electrons. The number of rotatable bonds is 6. The van der Waals surface area contributed by atoms with Crippen LogP contribution in [0.15, 0.2) is 94.4 Å². The molecule has 0 aliphatic carbocycles. The molecule has 0 atom stereocenters. The highest BCUT2D eigenvalue weighted by molar-refractivity contribution is 5.93. The number of aromatic nitrogens is 4. The van der Waals surface area contributed by atoms with E-state index in [-0.39, 0.29) is 5.76 Å². The zero-order valence-corrected chi connectivity index (χ0v) is 20.3. The molecule has 0 saturated heterocycles. The zero-order valence-electron chi connectivity index (χ0n) is 20.3. The monoisotopic (exact) mass is 489 g/mol. The molecule has 3 heterocycles. The summed E-state index contributed by atoms with van der Waals surface area (Å²) in [6.07, 6.45) is 3.49. The minimum absolute atomic E-state index is 0.367. The second-order valence-corrected chi connectivity index (χ2v) is 8.66. The van der Waals surface area contributed by atoms with E-state index in [1.54, 1.807) is 19.4 Å². The molecule has 37 heavy (non-hydrogen) atoms. The van der Waals surface area contributed by atoms with Gasteiger partial charge >= 0.3 is 5.76 Å². The average Bonchev–Trinajstić information content (AvgIpc) is 3.24. The highest BCUT2D eigenvalue weighted by Gasteiger charge is 2.11. The van der Waals surface area contributed by atoms with E-state index in [0.29, 0.717) is 18.0 Å². The van der Waals surface area contributed by atoms with Crippen LogP contribution in [0, 0.1) is 0 Å². The summed E-state index contributed by atoms with van der Waals surface area (Å²) in [7, 11) is 3.55. The van der Waals surface area contributed by atoms with Crippen LogP contribution in [0.3, 0.4) is 0 Å². The first-order valence-electron chi connectivity index (χ1n) is 11.8. The maximum atomic E-state index is 11.7. The molecule has 0 unspecified atom stereocenters. The van der Waals surface area contributed by atoms with Crippen LogP contribution in [0.2, 0.25) is 0 Å². The van der Waals surface area contributed by atoms with Crippen LogP contribution in [0.5, 0.6) is 5.75 Å². The Balaban J connectivity index is 1.22. The molecule has 0 amide bonds. The number of nitrogens with one attached hydrogen (secondary N) is 1. The van der Waals surface area contributed by atoms with E-state index in [0.717, 1.165) is 50.2 Å². The number of oxazole rings is 1. The molecule has 3 aromatic carbocycles. The van der Waals surface area contributed by atoms with Crippen LogP contribution in [0.25, 0.3) is 44.5 Å². The molecule has 0 spiro atoms. The van der Waals surface area contributed by atoms with Crippen molar-refractivity contribution in [2.75, 3.05) is 12.4 Å². The van der Waals surface area contributed by atoms with Gasteiger partial charge < -0.3 is 14.5 Å². The van der Waals surface area contributed by atoms with Gasteiger partial charge in [0.1, 0.15) is 18.2 Å². The summed E-state index contributed by atoms with van der Waals surface area (Å²) in [5, 5.41) is 4.14. The average molecular weight is 490 g/mol. The number of benzene rings is 3. The van der Waals surface area contributed by atoms with E-state index in [1.807, 2.05) is 67.7 Å². The van der Waals surface area contributed by atoms with Crippen molar-refractivity contribution in [2.24, 2.45) is 7.05 Å². The first-order chi connectivity index (χ1) is 18.1. The van der Waals surface area contributed by atoms with Gasteiger partial charge in [0.2, 0.25) is 0 Å². The SMILES string of the molecule is CNc1nc(-c2cccnc2)nc2ccc(-c3ccc(OCc4ccc5c(c4)oc(=O)n5C)cc3)cc12. The molecule has 0 saturated carbocycles. The van der Waals surface area contributed by atoms with Gasteiger partial charge in [-0.2, -0.15) is 0 Å². The van der Waals surface area contributed by atoms with Gasteiger partial charge in [-0.1, -0.05) is 24.3 Å². The quantitative estimate of drug-likeness (QED) is 0.334. The number of pyridine rings is 1. The fourth-order valence-electron chi connectivity index (χ4n) is 4.30. The Morgan fingerprint density at radius 3 is 2.57 bits per heavy atom. The summed E-state index contributed by atoms with van der Waals surface area (Å²) in [5.74, 6) is 1.77. The third kappa shape index (κ3) is 4.29. The maximum Gasteiger partial charge on any atom is 0.419 e. The van der Waals surface area contributed by atoms with E-state index >= 15 is 0 Å². The lowest BCUT2D eigenvalue weighted by Gasteiger charge is -2.11. The molecule has 8 heteroatoms. The lowest BCUT2D eigenvalue weighted by atomic mass is 10.0. The van der Waals surface area contributed by atoms with E-state index < -0.39 is 0 Å². The Morgan fingerprint density at radius 1 is 0.946 bits per heavy atom. The van der Waals surface area contributed by atoms with Gasteiger partial charge in [0.15, 0.2) is 11.4 Å². The Kier molecular flexibility index (Phi) is 5.61. The van der Waals surface area contributed by atoms with E-state index in [2.05, 4.69) is 22.4 Å². The van der Waals surface area contributed by atoms with Crippen LogP contribution in [-0.2, 0) is 13.7 Å². The molecule has 0 fully saturated rings. The lowest BCUT2D eigenvalue weighted by Crippen LogP contribution is -2.08. The second kappa shape index (κ2) is 9.23. The smallest absolute Gasteiger partial charge is 0.419 e. The number of fused-ring (bicyclic) bond motifs is 2. The molecule has 3 aromatic heterocycles. The molecule has 0 radical (unpaired) electrons.